The second-order valence-corrected chi connectivity index (χ2v) is 9.97. The Hall–Kier alpha value is -2.85. The van der Waals surface area contributed by atoms with Gasteiger partial charge in [-0.1, -0.05) is 20.3 Å². The molecule has 5 N–H and O–H groups in total. The van der Waals surface area contributed by atoms with Crippen molar-refractivity contribution >= 4 is 29.8 Å². The van der Waals surface area contributed by atoms with Gasteiger partial charge in [0.2, 0.25) is 11.8 Å². The summed E-state index contributed by atoms with van der Waals surface area (Å²) in [5, 5.41) is 25.8. The van der Waals surface area contributed by atoms with E-state index in [0.29, 0.717) is 38.6 Å². The van der Waals surface area contributed by atoms with Crippen LogP contribution in [-0.4, -0.2) is 64.3 Å². The topological polar surface area (TPSA) is 171 Å². The number of alkyl carbamates (subject to hydrolysis) is 1. The fourth-order valence-corrected chi connectivity index (χ4v) is 3.78. The van der Waals surface area contributed by atoms with Gasteiger partial charge in [-0.25, -0.2) is 9.59 Å². The normalized spacial score (nSPS) is 20.9. The summed E-state index contributed by atoms with van der Waals surface area (Å²) in [7, 11) is 0. The van der Waals surface area contributed by atoms with Crippen molar-refractivity contribution in [2.45, 2.75) is 90.8 Å². The van der Waals surface area contributed by atoms with Crippen molar-refractivity contribution in [3.8, 4) is 0 Å². The molecule has 0 spiro atoms. The number of aliphatic carboxylic acids is 2. The van der Waals surface area contributed by atoms with Gasteiger partial charge in [-0.15, -0.1) is 0 Å². The third kappa shape index (κ3) is 10.4. The summed E-state index contributed by atoms with van der Waals surface area (Å²) in [6.45, 7) is 9.44. The number of carboxylic acids is 2. The summed E-state index contributed by atoms with van der Waals surface area (Å²) in [4.78, 5) is 59.3. The molecule has 0 aromatic heterocycles. The molecule has 0 radical (unpaired) electrons. The Morgan fingerprint density at radius 2 is 1.59 bits per heavy atom. The smallest absolute Gasteiger partial charge is 0.408 e. The molecule has 1 aliphatic rings. The minimum Gasteiger partial charge on any atom is -0.481 e. The van der Waals surface area contributed by atoms with E-state index in [1.54, 1.807) is 20.8 Å². The first-order valence-electron chi connectivity index (χ1n) is 11.8. The Kier molecular flexibility index (Phi) is 11.3. The zero-order valence-corrected chi connectivity index (χ0v) is 20.7. The van der Waals surface area contributed by atoms with Crippen LogP contribution in [0.1, 0.15) is 73.1 Å². The molecule has 1 aliphatic carbocycles. The molecular weight excluding hydrogens is 446 g/mol. The zero-order valence-electron chi connectivity index (χ0n) is 20.7. The van der Waals surface area contributed by atoms with Crippen LogP contribution < -0.4 is 16.0 Å². The van der Waals surface area contributed by atoms with Crippen LogP contribution in [0.25, 0.3) is 0 Å². The number of carboxylic acid groups (broad SMARTS) is 2. The summed E-state index contributed by atoms with van der Waals surface area (Å²) >= 11 is 0. The Labute approximate surface area is 200 Å². The highest BCUT2D eigenvalue weighted by atomic mass is 16.6. The number of rotatable bonds is 11. The SMILES string of the molecule is CC[C@H](C)[C@@H](NC(=O)OC(C)(C)C)C(=O)NCC1CCC(C(=O)N[C@@H](CC(=O)O)C(=O)O)CC1. The molecule has 0 aromatic carbocycles. The molecule has 3 atom stereocenters. The molecular formula is C23H39N3O8. The Bertz CT molecular complexity index is 741. The molecule has 0 aliphatic heterocycles. The highest BCUT2D eigenvalue weighted by molar-refractivity contribution is 5.88. The Morgan fingerprint density at radius 3 is 2.06 bits per heavy atom. The van der Waals surface area contributed by atoms with Crippen molar-refractivity contribution in [2.75, 3.05) is 6.54 Å². The molecule has 0 unspecified atom stereocenters. The largest absolute Gasteiger partial charge is 0.481 e. The third-order valence-electron chi connectivity index (χ3n) is 5.94. The number of nitrogens with one attached hydrogen (secondary N) is 3. The zero-order chi connectivity index (χ0) is 26.1. The molecule has 0 aromatic rings. The van der Waals surface area contributed by atoms with Crippen LogP contribution in [-0.2, 0) is 23.9 Å². The first-order chi connectivity index (χ1) is 15.7. The minimum absolute atomic E-state index is 0.0973. The van der Waals surface area contributed by atoms with Crippen molar-refractivity contribution in [3.05, 3.63) is 0 Å². The maximum absolute atomic E-state index is 12.8. The predicted octanol–water partition coefficient (Wildman–Crippen LogP) is 1.89. The molecule has 11 heteroatoms. The lowest BCUT2D eigenvalue weighted by Crippen LogP contribution is -2.52. The van der Waals surface area contributed by atoms with E-state index in [-0.39, 0.29) is 17.7 Å². The molecule has 1 saturated carbocycles. The van der Waals surface area contributed by atoms with E-state index in [2.05, 4.69) is 16.0 Å². The molecule has 0 heterocycles. The van der Waals surface area contributed by atoms with E-state index in [1.165, 1.54) is 0 Å². The molecule has 194 valence electrons. The van der Waals surface area contributed by atoms with Crippen molar-refractivity contribution in [1.29, 1.82) is 0 Å². The lowest BCUT2D eigenvalue weighted by molar-refractivity contribution is -0.147. The molecule has 1 fully saturated rings. The van der Waals surface area contributed by atoms with Crippen LogP contribution in [0.4, 0.5) is 4.79 Å². The second-order valence-electron chi connectivity index (χ2n) is 9.97. The van der Waals surface area contributed by atoms with E-state index < -0.39 is 54.0 Å². The van der Waals surface area contributed by atoms with Crippen LogP contribution in [0.3, 0.4) is 0 Å². The quantitative estimate of drug-likeness (QED) is 0.295. The summed E-state index contributed by atoms with van der Waals surface area (Å²) in [5.41, 5.74) is -0.677. The van der Waals surface area contributed by atoms with Gasteiger partial charge in [-0.2, -0.15) is 0 Å². The average Bonchev–Trinajstić information content (AvgIpc) is 2.73. The average molecular weight is 486 g/mol. The highest BCUT2D eigenvalue weighted by Gasteiger charge is 2.32. The summed E-state index contributed by atoms with van der Waals surface area (Å²) < 4.78 is 5.27. The Morgan fingerprint density at radius 1 is 1.00 bits per heavy atom. The molecule has 1 rings (SSSR count). The van der Waals surface area contributed by atoms with E-state index in [1.807, 2.05) is 13.8 Å². The fraction of sp³-hybridized carbons (Fsp3) is 0.783. The number of hydrogen-bond donors (Lipinski definition) is 5. The Balaban J connectivity index is 2.55. The minimum atomic E-state index is -1.46. The van der Waals surface area contributed by atoms with Gasteiger partial charge < -0.3 is 30.9 Å². The van der Waals surface area contributed by atoms with Crippen LogP contribution in [0, 0.1) is 17.8 Å². The number of amides is 3. The van der Waals surface area contributed by atoms with E-state index in [9.17, 15) is 24.0 Å². The first kappa shape index (κ1) is 29.2. The van der Waals surface area contributed by atoms with Gasteiger partial charge in [0.15, 0.2) is 0 Å². The van der Waals surface area contributed by atoms with Gasteiger partial charge in [0.1, 0.15) is 17.7 Å². The van der Waals surface area contributed by atoms with Crippen molar-refractivity contribution in [3.63, 3.8) is 0 Å². The molecule has 3 amide bonds. The molecule has 34 heavy (non-hydrogen) atoms. The summed E-state index contributed by atoms with van der Waals surface area (Å²) in [5.74, 6) is -3.80. The monoisotopic (exact) mass is 485 g/mol. The standard InChI is InChI=1S/C23H39N3O8/c1-6-13(2)18(26-22(33)34-23(3,4)5)20(30)24-12-14-7-9-15(10-8-14)19(29)25-16(21(31)32)11-17(27)28/h13-16,18H,6-12H2,1-5H3,(H,24,30)(H,25,29)(H,26,33)(H,27,28)(H,31,32)/t13-,14?,15?,16-,18+/m0/s1. The van der Waals surface area contributed by atoms with Crippen LogP contribution in [0.15, 0.2) is 0 Å². The maximum Gasteiger partial charge on any atom is 0.408 e. The first-order valence-corrected chi connectivity index (χ1v) is 11.8. The summed E-state index contributed by atoms with van der Waals surface area (Å²) in [6, 6.07) is -2.19. The van der Waals surface area contributed by atoms with Gasteiger partial charge in [0.05, 0.1) is 6.42 Å². The number of carbonyl (C=O) groups is 5. The van der Waals surface area contributed by atoms with Gasteiger partial charge >= 0.3 is 18.0 Å². The molecule has 0 saturated heterocycles. The second kappa shape index (κ2) is 13.1. The lowest BCUT2D eigenvalue weighted by atomic mass is 9.81. The highest BCUT2D eigenvalue weighted by Crippen LogP contribution is 2.28. The van der Waals surface area contributed by atoms with E-state index in [4.69, 9.17) is 14.9 Å². The predicted molar refractivity (Wildman–Crippen MR) is 123 cm³/mol. The molecule has 11 nitrogen and oxygen atoms in total. The summed E-state index contributed by atoms with van der Waals surface area (Å²) in [6.07, 6.45) is 1.69. The number of ether oxygens (including phenoxy) is 1. The maximum atomic E-state index is 12.8. The van der Waals surface area contributed by atoms with Gasteiger partial charge in [0.25, 0.3) is 0 Å². The third-order valence-corrected chi connectivity index (χ3v) is 5.94. The van der Waals surface area contributed by atoms with Gasteiger partial charge in [0, 0.05) is 12.5 Å². The van der Waals surface area contributed by atoms with Gasteiger partial charge in [-0.3, -0.25) is 14.4 Å². The number of hydrogen-bond acceptors (Lipinski definition) is 6. The van der Waals surface area contributed by atoms with Crippen LogP contribution in [0.5, 0.6) is 0 Å². The van der Waals surface area contributed by atoms with Gasteiger partial charge in [-0.05, 0) is 58.3 Å². The fourth-order valence-electron chi connectivity index (χ4n) is 3.78. The van der Waals surface area contributed by atoms with Crippen LogP contribution in [0.2, 0.25) is 0 Å². The molecule has 0 bridgehead atoms. The number of carbonyl (C=O) groups excluding carboxylic acids is 3. The van der Waals surface area contributed by atoms with Crippen molar-refractivity contribution in [1.82, 2.24) is 16.0 Å². The van der Waals surface area contributed by atoms with E-state index >= 15 is 0 Å². The van der Waals surface area contributed by atoms with Crippen LogP contribution >= 0.6 is 0 Å². The van der Waals surface area contributed by atoms with Crippen molar-refractivity contribution < 1.29 is 38.9 Å². The van der Waals surface area contributed by atoms with Crippen molar-refractivity contribution in [2.24, 2.45) is 17.8 Å². The van der Waals surface area contributed by atoms with E-state index in [0.717, 1.165) is 0 Å². The lowest BCUT2D eigenvalue weighted by Gasteiger charge is -2.30.